The summed E-state index contributed by atoms with van der Waals surface area (Å²) in [5, 5.41) is 9.92. The van der Waals surface area contributed by atoms with Crippen molar-refractivity contribution in [2.45, 2.75) is 19.0 Å². The molecule has 0 bridgehead atoms. The Hall–Kier alpha value is -2.64. The third-order valence-corrected chi connectivity index (χ3v) is 5.15. The normalized spacial score (nSPS) is 22.9. The SMILES string of the molecule is C=C[C@@H]1COC[C@H](C)N1c1cc(-c2cccc(O)c2)nc(N2CCOCC2)n1. The van der Waals surface area contributed by atoms with E-state index in [0.717, 1.165) is 30.2 Å². The van der Waals surface area contributed by atoms with Crippen LogP contribution in [0.3, 0.4) is 0 Å². The molecule has 7 heteroatoms. The van der Waals surface area contributed by atoms with Crippen LogP contribution >= 0.6 is 0 Å². The number of phenols is 1. The highest BCUT2D eigenvalue weighted by atomic mass is 16.5. The van der Waals surface area contributed by atoms with Crippen LogP contribution in [0, 0.1) is 0 Å². The minimum Gasteiger partial charge on any atom is -0.508 e. The molecule has 1 aromatic carbocycles. The summed E-state index contributed by atoms with van der Waals surface area (Å²) in [6.07, 6.45) is 1.90. The van der Waals surface area contributed by atoms with E-state index in [-0.39, 0.29) is 17.8 Å². The molecule has 0 radical (unpaired) electrons. The van der Waals surface area contributed by atoms with Crippen molar-refractivity contribution in [3.8, 4) is 17.0 Å². The Balaban J connectivity index is 1.80. The van der Waals surface area contributed by atoms with Crippen molar-refractivity contribution in [1.29, 1.82) is 0 Å². The highest BCUT2D eigenvalue weighted by molar-refractivity contribution is 5.67. The van der Waals surface area contributed by atoms with Gasteiger partial charge in [-0.1, -0.05) is 18.2 Å². The first-order chi connectivity index (χ1) is 13.7. The standard InChI is InChI=1S/C21H26N4O3/c1-3-17-14-28-13-15(2)25(17)20-12-19(16-5-4-6-18(26)11-16)22-21(23-20)24-7-9-27-10-8-24/h3-6,11-12,15,17,26H,1,7-10,13-14H2,2H3/t15-,17+/m0/s1. The molecule has 148 valence electrons. The average Bonchev–Trinajstić information content (AvgIpc) is 2.74. The van der Waals surface area contributed by atoms with Gasteiger partial charge in [0.2, 0.25) is 5.95 Å². The zero-order valence-corrected chi connectivity index (χ0v) is 16.1. The summed E-state index contributed by atoms with van der Waals surface area (Å²) in [7, 11) is 0. The Labute approximate surface area is 165 Å². The van der Waals surface area contributed by atoms with Gasteiger partial charge in [-0.3, -0.25) is 0 Å². The Kier molecular flexibility index (Phi) is 5.45. The number of hydrogen-bond acceptors (Lipinski definition) is 7. The molecular formula is C21H26N4O3. The first-order valence-corrected chi connectivity index (χ1v) is 9.65. The van der Waals surface area contributed by atoms with E-state index in [0.29, 0.717) is 32.4 Å². The number of ether oxygens (including phenoxy) is 2. The number of aromatic nitrogens is 2. The van der Waals surface area contributed by atoms with E-state index in [4.69, 9.17) is 19.4 Å². The highest BCUT2D eigenvalue weighted by Gasteiger charge is 2.29. The predicted molar refractivity (Wildman–Crippen MR) is 109 cm³/mol. The van der Waals surface area contributed by atoms with Gasteiger partial charge >= 0.3 is 0 Å². The maximum Gasteiger partial charge on any atom is 0.228 e. The molecule has 1 aromatic heterocycles. The summed E-state index contributed by atoms with van der Waals surface area (Å²) < 4.78 is 11.2. The molecule has 4 rings (SSSR count). The van der Waals surface area contributed by atoms with Crippen LogP contribution in [0.5, 0.6) is 5.75 Å². The third kappa shape index (κ3) is 3.81. The number of nitrogens with zero attached hydrogens (tertiary/aromatic N) is 4. The van der Waals surface area contributed by atoms with Crippen LogP contribution in [0.2, 0.25) is 0 Å². The topological polar surface area (TPSA) is 71.0 Å². The van der Waals surface area contributed by atoms with E-state index in [2.05, 4.69) is 23.3 Å². The Morgan fingerprint density at radius 2 is 1.96 bits per heavy atom. The van der Waals surface area contributed by atoms with E-state index in [1.54, 1.807) is 12.1 Å². The lowest BCUT2D eigenvalue weighted by atomic mass is 10.1. The van der Waals surface area contributed by atoms with Gasteiger partial charge in [-0.2, -0.15) is 4.98 Å². The molecule has 7 nitrogen and oxygen atoms in total. The maximum absolute atomic E-state index is 9.92. The first kappa shape index (κ1) is 18.7. The molecule has 0 spiro atoms. The van der Waals surface area contributed by atoms with Crippen LogP contribution in [-0.2, 0) is 9.47 Å². The molecule has 2 saturated heterocycles. The van der Waals surface area contributed by atoms with Gasteiger partial charge in [0.05, 0.1) is 44.2 Å². The minimum atomic E-state index is 0.0493. The molecule has 2 fully saturated rings. The summed E-state index contributed by atoms with van der Waals surface area (Å²) in [6.45, 7) is 10.2. The summed E-state index contributed by atoms with van der Waals surface area (Å²) in [5.41, 5.74) is 1.64. The maximum atomic E-state index is 9.92. The fourth-order valence-electron chi connectivity index (χ4n) is 3.70. The van der Waals surface area contributed by atoms with E-state index >= 15 is 0 Å². The van der Waals surface area contributed by atoms with Gasteiger partial charge in [-0.15, -0.1) is 6.58 Å². The second-order valence-corrected chi connectivity index (χ2v) is 7.16. The van der Waals surface area contributed by atoms with Crippen molar-refractivity contribution in [2.75, 3.05) is 49.3 Å². The van der Waals surface area contributed by atoms with Crippen LogP contribution < -0.4 is 9.80 Å². The number of rotatable bonds is 4. The van der Waals surface area contributed by atoms with Crippen LogP contribution in [-0.4, -0.2) is 66.7 Å². The summed E-state index contributed by atoms with van der Waals surface area (Å²) in [6, 6.07) is 9.36. The third-order valence-electron chi connectivity index (χ3n) is 5.15. The number of anilines is 2. The number of morpholine rings is 2. The van der Waals surface area contributed by atoms with Gasteiger partial charge in [0.15, 0.2) is 0 Å². The van der Waals surface area contributed by atoms with Crippen molar-refractivity contribution in [3.63, 3.8) is 0 Å². The largest absolute Gasteiger partial charge is 0.508 e. The summed E-state index contributed by atoms with van der Waals surface area (Å²) >= 11 is 0. The van der Waals surface area contributed by atoms with Crippen molar-refractivity contribution < 1.29 is 14.6 Å². The second-order valence-electron chi connectivity index (χ2n) is 7.16. The average molecular weight is 382 g/mol. The molecule has 0 saturated carbocycles. The van der Waals surface area contributed by atoms with Gasteiger partial charge in [0.25, 0.3) is 0 Å². The van der Waals surface area contributed by atoms with Gasteiger partial charge < -0.3 is 24.4 Å². The molecule has 0 amide bonds. The highest BCUT2D eigenvalue weighted by Crippen LogP contribution is 2.30. The molecular weight excluding hydrogens is 356 g/mol. The molecule has 2 atom stereocenters. The second kappa shape index (κ2) is 8.16. The fourth-order valence-corrected chi connectivity index (χ4v) is 3.70. The molecule has 2 aliphatic heterocycles. The molecule has 0 unspecified atom stereocenters. The van der Waals surface area contributed by atoms with E-state index in [1.807, 2.05) is 24.3 Å². The Bertz CT molecular complexity index is 838. The molecule has 0 aliphatic carbocycles. The van der Waals surface area contributed by atoms with Crippen LogP contribution in [0.25, 0.3) is 11.3 Å². The van der Waals surface area contributed by atoms with Crippen molar-refractivity contribution >= 4 is 11.8 Å². The first-order valence-electron chi connectivity index (χ1n) is 9.65. The molecule has 28 heavy (non-hydrogen) atoms. The Morgan fingerprint density at radius 3 is 2.71 bits per heavy atom. The fraction of sp³-hybridized carbons (Fsp3) is 0.429. The lowest BCUT2D eigenvalue weighted by molar-refractivity contribution is 0.0819. The summed E-state index contributed by atoms with van der Waals surface area (Å²) in [5.74, 6) is 1.74. The van der Waals surface area contributed by atoms with Crippen LogP contribution in [0.15, 0.2) is 43.0 Å². The number of benzene rings is 1. The quantitative estimate of drug-likeness (QED) is 0.815. The van der Waals surface area contributed by atoms with Crippen LogP contribution in [0.4, 0.5) is 11.8 Å². The minimum absolute atomic E-state index is 0.0493. The van der Waals surface area contributed by atoms with Crippen LogP contribution in [0.1, 0.15) is 6.92 Å². The molecule has 1 N–H and O–H groups in total. The molecule has 2 aromatic rings. The van der Waals surface area contributed by atoms with Gasteiger partial charge in [0, 0.05) is 24.7 Å². The zero-order chi connectivity index (χ0) is 19.5. The lowest BCUT2D eigenvalue weighted by Crippen LogP contribution is -2.50. The van der Waals surface area contributed by atoms with E-state index in [1.165, 1.54) is 0 Å². The predicted octanol–water partition coefficient (Wildman–Crippen LogP) is 2.47. The van der Waals surface area contributed by atoms with Crippen molar-refractivity contribution in [1.82, 2.24) is 9.97 Å². The van der Waals surface area contributed by atoms with E-state index < -0.39 is 0 Å². The summed E-state index contributed by atoms with van der Waals surface area (Å²) in [4.78, 5) is 14.1. The number of aromatic hydroxyl groups is 1. The molecule has 2 aliphatic rings. The smallest absolute Gasteiger partial charge is 0.228 e. The van der Waals surface area contributed by atoms with E-state index in [9.17, 15) is 5.11 Å². The lowest BCUT2D eigenvalue weighted by Gasteiger charge is -2.40. The van der Waals surface area contributed by atoms with Crippen molar-refractivity contribution in [3.05, 3.63) is 43.0 Å². The monoisotopic (exact) mass is 382 g/mol. The number of hydrogen-bond donors (Lipinski definition) is 1. The zero-order valence-electron chi connectivity index (χ0n) is 16.1. The Morgan fingerprint density at radius 1 is 1.14 bits per heavy atom. The van der Waals surface area contributed by atoms with Gasteiger partial charge in [-0.05, 0) is 19.1 Å². The van der Waals surface area contributed by atoms with Gasteiger partial charge in [0.1, 0.15) is 11.6 Å². The van der Waals surface area contributed by atoms with Crippen molar-refractivity contribution in [2.24, 2.45) is 0 Å². The van der Waals surface area contributed by atoms with Gasteiger partial charge in [-0.25, -0.2) is 4.98 Å². The molecule has 3 heterocycles. The number of phenolic OH excluding ortho intramolecular Hbond substituents is 1.